The Morgan fingerprint density at radius 3 is 2.79 bits per heavy atom. The molecule has 1 aromatic heterocycles. The molecule has 0 spiro atoms. The Morgan fingerprint density at radius 2 is 2.36 bits per heavy atom. The minimum Gasteiger partial charge on any atom is -0.348 e. The van der Waals surface area contributed by atoms with E-state index in [4.69, 9.17) is 0 Å². The number of thiophene rings is 1. The fourth-order valence-corrected chi connectivity index (χ4v) is 2.85. The van der Waals surface area contributed by atoms with Crippen LogP contribution in [-0.4, -0.2) is 17.3 Å². The van der Waals surface area contributed by atoms with Gasteiger partial charge in [-0.25, -0.2) is 0 Å². The third-order valence-electron chi connectivity index (χ3n) is 1.81. The molecular weight excluding hydrogens is 330 g/mol. The van der Waals surface area contributed by atoms with Crippen LogP contribution >= 0.6 is 43.2 Å². The molecule has 0 saturated carbocycles. The molecule has 1 aromatic rings. The molecule has 0 aliphatic rings. The van der Waals surface area contributed by atoms with Gasteiger partial charge in [-0.2, -0.15) is 0 Å². The van der Waals surface area contributed by atoms with Crippen LogP contribution < -0.4 is 5.32 Å². The van der Waals surface area contributed by atoms with E-state index in [-0.39, 0.29) is 11.9 Å². The first-order valence-corrected chi connectivity index (χ1v) is 7.02. The first-order valence-electron chi connectivity index (χ1n) is 4.29. The topological polar surface area (TPSA) is 29.1 Å². The number of carbonyl (C=O) groups is 1. The highest BCUT2D eigenvalue weighted by atomic mass is 79.9. The lowest BCUT2D eigenvalue weighted by molar-refractivity contribution is 0.0944. The third-order valence-corrected chi connectivity index (χ3v) is 4.22. The van der Waals surface area contributed by atoms with Gasteiger partial charge >= 0.3 is 0 Å². The predicted molar refractivity (Wildman–Crippen MR) is 67.4 cm³/mol. The van der Waals surface area contributed by atoms with Crippen LogP contribution in [-0.2, 0) is 0 Å². The number of hydrogen-bond acceptors (Lipinski definition) is 2. The summed E-state index contributed by atoms with van der Waals surface area (Å²) in [6.45, 7) is 2.05. The molecule has 1 heterocycles. The fourth-order valence-electron chi connectivity index (χ4n) is 0.943. The summed E-state index contributed by atoms with van der Waals surface area (Å²) in [5.41, 5.74) is 0. The quantitative estimate of drug-likeness (QED) is 0.836. The molecule has 0 aromatic carbocycles. The molecule has 1 unspecified atom stereocenters. The molecule has 0 aliphatic heterocycles. The average molecular weight is 341 g/mol. The lowest BCUT2D eigenvalue weighted by atomic mass is 10.2. The van der Waals surface area contributed by atoms with Gasteiger partial charge in [0.15, 0.2) is 0 Å². The van der Waals surface area contributed by atoms with Crippen LogP contribution in [0.3, 0.4) is 0 Å². The van der Waals surface area contributed by atoms with Crippen molar-refractivity contribution in [2.45, 2.75) is 19.4 Å². The summed E-state index contributed by atoms with van der Waals surface area (Å²) in [4.78, 5) is 12.4. The molecular formula is C9H11Br2NOS. The Hall–Kier alpha value is 0.130. The predicted octanol–water partition coefficient (Wildman–Crippen LogP) is 3.41. The molecule has 5 heteroatoms. The fraction of sp³-hybridized carbons (Fsp3) is 0.444. The standard InChI is InChI=1S/C9H11Br2NOS/c1-2-6(5-10)12-9(13)7-3-4-8(11)14-7/h3-4,6H,2,5H2,1H3,(H,12,13). The molecule has 1 amide bonds. The van der Waals surface area contributed by atoms with Crippen LogP contribution in [0.5, 0.6) is 0 Å². The number of hydrogen-bond donors (Lipinski definition) is 1. The highest BCUT2D eigenvalue weighted by molar-refractivity contribution is 9.11. The van der Waals surface area contributed by atoms with E-state index >= 15 is 0 Å². The molecule has 0 bridgehead atoms. The number of halogens is 2. The lowest BCUT2D eigenvalue weighted by Gasteiger charge is -2.12. The van der Waals surface area contributed by atoms with E-state index in [2.05, 4.69) is 44.1 Å². The number of alkyl halides is 1. The summed E-state index contributed by atoms with van der Waals surface area (Å²) in [6, 6.07) is 3.92. The van der Waals surface area contributed by atoms with Crippen molar-refractivity contribution in [1.29, 1.82) is 0 Å². The first-order chi connectivity index (χ1) is 6.67. The van der Waals surface area contributed by atoms with E-state index < -0.39 is 0 Å². The maximum Gasteiger partial charge on any atom is 0.261 e. The molecule has 0 radical (unpaired) electrons. The van der Waals surface area contributed by atoms with Crippen molar-refractivity contribution in [3.05, 3.63) is 20.8 Å². The Labute approximate surface area is 104 Å². The summed E-state index contributed by atoms with van der Waals surface area (Å²) in [7, 11) is 0. The van der Waals surface area contributed by atoms with E-state index in [9.17, 15) is 4.79 Å². The van der Waals surface area contributed by atoms with Gasteiger partial charge in [0.2, 0.25) is 0 Å². The van der Waals surface area contributed by atoms with Gasteiger partial charge in [-0.15, -0.1) is 11.3 Å². The maximum absolute atomic E-state index is 11.6. The number of nitrogens with one attached hydrogen (secondary N) is 1. The minimum atomic E-state index is 0.00648. The van der Waals surface area contributed by atoms with E-state index in [1.54, 1.807) is 0 Å². The minimum absolute atomic E-state index is 0.00648. The summed E-state index contributed by atoms with van der Waals surface area (Å²) in [5, 5.41) is 3.74. The number of carbonyl (C=O) groups excluding carboxylic acids is 1. The molecule has 1 rings (SSSR count). The summed E-state index contributed by atoms with van der Waals surface area (Å²) >= 11 is 8.14. The van der Waals surface area contributed by atoms with Gasteiger partial charge in [0.05, 0.1) is 8.66 Å². The van der Waals surface area contributed by atoms with Crippen molar-refractivity contribution in [3.63, 3.8) is 0 Å². The van der Waals surface area contributed by atoms with Crippen LogP contribution in [0.4, 0.5) is 0 Å². The van der Waals surface area contributed by atoms with Crippen molar-refractivity contribution < 1.29 is 4.79 Å². The van der Waals surface area contributed by atoms with E-state index in [1.807, 2.05) is 12.1 Å². The Morgan fingerprint density at radius 1 is 1.64 bits per heavy atom. The van der Waals surface area contributed by atoms with Crippen LogP contribution in [0.25, 0.3) is 0 Å². The van der Waals surface area contributed by atoms with Gasteiger partial charge in [-0.05, 0) is 34.5 Å². The zero-order valence-electron chi connectivity index (χ0n) is 7.72. The van der Waals surface area contributed by atoms with Gasteiger partial charge in [0.1, 0.15) is 0 Å². The van der Waals surface area contributed by atoms with Gasteiger partial charge in [0.25, 0.3) is 5.91 Å². The maximum atomic E-state index is 11.6. The van der Waals surface area contributed by atoms with Crippen LogP contribution in [0.15, 0.2) is 15.9 Å². The van der Waals surface area contributed by atoms with Crippen molar-refractivity contribution in [1.82, 2.24) is 5.32 Å². The average Bonchev–Trinajstić information content (AvgIpc) is 2.61. The molecule has 0 aliphatic carbocycles. The molecule has 78 valence electrons. The number of rotatable bonds is 4. The van der Waals surface area contributed by atoms with Crippen LogP contribution in [0.1, 0.15) is 23.0 Å². The second-order valence-electron chi connectivity index (χ2n) is 2.84. The Bertz CT molecular complexity index is 310. The normalized spacial score (nSPS) is 12.5. The van der Waals surface area contributed by atoms with Gasteiger partial charge in [-0.3, -0.25) is 4.79 Å². The van der Waals surface area contributed by atoms with Crippen molar-refractivity contribution in [2.24, 2.45) is 0 Å². The highest BCUT2D eigenvalue weighted by Crippen LogP contribution is 2.21. The van der Waals surface area contributed by atoms with E-state index in [1.165, 1.54) is 11.3 Å². The smallest absolute Gasteiger partial charge is 0.261 e. The molecule has 2 nitrogen and oxygen atoms in total. The van der Waals surface area contributed by atoms with Gasteiger partial charge in [-0.1, -0.05) is 22.9 Å². The van der Waals surface area contributed by atoms with Crippen LogP contribution in [0.2, 0.25) is 0 Å². The lowest BCUT2D eigenvalue weighted by Crippen LogP contribution is -2.34. The zero-order chi connectivity index (χ0) is 10.6. The largest absolute Gasteiger partial charge is 0.348 e. The molecule has 14 heavy (non-hydrogen) atoms. The summed E-state index contributed by atoms with van der Waals surface area (Å²) in [6.07, 6.45) is 0.934. The molecule has 0 saturated heterocycles. The molecule has 1 atom stereocenters. The highest BCUT2D eigenvalue weighted by Gasteiger charge is 2.12. The first kappa shape index (κ1) is 12.2. The summed E-state index contributed by atoms with van der Waals surface area (Å²) in [5.74, 6) is 0.00648. The Balaban J connectivity index is 2.58. The Kier molecular flexibility index (Phi) is 5.12. The van der Waals surface area contributed by atoms with Gasteiger partial charge < -0.3 is 5.32 Å². The second-order valence-corrected chi connectivity index (χ2v) is 5.95. The van der Waals surface area contributed by atoms with Crippen molar-refractivity contribution in [2.75, 3.05) is 5.33 Å². The number of amides is 1. The zero-order valence-corrected chi connectivity index (χ0v) is 11.7. The second kappa shape index (κ2) is 5.88. The van der Waals surface area contributed by atoms with Crippen molar-refractivity contribution >= 4 is 49.1 Å². The summed E-state index contributed by atoms with van der Waals surface area (Å²) < 4.78 is 0.981. The van der Waals surface area contributed by atoms with Gasteiger partial charge in [0, 0.05) is 11.4 Å². The van der Waals surface area contributed by atoms with Crippen molar-refractivity contribution in [3.8, 4) is 0 Å². The monoisotopic (exact) mass is 339 g/mol. The molecule has 1 N–H and O–H groups in total. The van der Waals surface area contributed by atoms with E-state index in [0.717, 1.165) is 20.4 Å². The SMILES string of the molecule is CCC(CBr)NC(=O)c1ccc(Br)s1. The van der Waals surface area contributed by atoms with E-state index in [0.29, 0.717) is 0 Å². The third kappa shape index (κ3) is 3.37. The molecule has 0 fully saturated rings. The van der Waals surface area contributed by atoms with Crippen LogP contribution in [0, 0.1) is 0 Å².